The largest absolute Gasteiger partial charge is 0.444 e. The van der Waals surface area contributed by atoms with Crippen LogP contribution in [0.15, 0.2) is 0 Å². The fourth-order valence-corrected chi connectivity index (χ4v) is 0.898. The van der Waals surface area contributed by atoms with Crippen LogP contribution in [0.1, 0.15) is 27.7 Å². The van der Waals surface area contributed by atoms with E-state index in [0.29, 0.717) is 6.54 Å². The predicted octanol–water partition coefficient (Wildman–Crippen LogP) is 0.481. The summed E-state index contributed by atoms with van der Waals surface area (Å²) < 4.78 is 5.01. The third kappa shape index (κ3) is 9.49. The molecule has 1 amide bonds. The molecule has 5 nitrogen and oxygen atoms in total. The normalized spacial score (nSPS) is 13.4. The van der Waals surface area contributed by atoms with Gasteiger partial charge in [0.15, 0.2) is 0 Å². The van der Waals surface area contributed by atoms with Crippen LogP contribution >= 0.6 is 0 Å². The van der Waals surface area contributed by atoms with E-state index in [1.165, 1.54) is 0 Å². The third-order valence-corrected chi connectivity index (χ3v) is 1.51. The highest BCUT2D eigenvalue weighted by Crippen LogP contribution is 2.06. The fraction of sp³-hybridized carbons (Fsp3) is 0.900. The summed E-state index contributed by atoms with van der Waals surface area (Å²) >= 11 is 0. The van der Waals surface area contributed by atoms with Crippen molar-refractivity contribution in [3.05, 3.63) is 0 Å². The lowest BCUT2D eigenvalue weighted by atomic mass is 10.2. The molecule has 1 unspecified atom stereocenters. The van der Waals surface area contributed by atoms with Crippen molar-refractivity contribution in [2.45, 2.75) is 39.4 Å². The molecule has 3 N–H and O–H groups in total. The number of likely N-dealkylation sites (N-methyl/N-ethyl adjacent to an activating group) is 1. The zero-order chi connectivity index (χ0) is 11.9. The molecule has 0 aliphatic rings. The molecule has 0 aliphatic heterocycles. The van der Waals surface area contributed by atoms with E-state index in [9.17, 15) is 9.90 Å². The number of alkyl carbamates (subject to hydrolysis) is 1. The molecule has 0 aromatic heterocycles. The number of ether oxygens (including phenoxy) is 1. The molecule has 5 heteroatoms. The highest BCUT2D eigenvalue weighted by atomic mass is 16.6. The van der Waals surface area contributed by atoms with Gasteiger partial charge < -0.3 is 20.5 Å². The molecule has 0 rings (SSSR count). The van der Waals surface area contributed by atoms with E-state index in [1.54, 1.807) is 20.8 Å². The van der Waals surface area contributed by atoms with Crippen molar-refractivity contribution >= 4 is 6.09 Å². The molecule has 0 aromatic carbocycles. The number of carbonyl (C=O) groups excluding carboxylic acids is 1. The minimum absolute atomic E-state index is 0.196. The van der Waals surface area contributed by atoms with Crippen LogP contribution in [0.25, 0.3) is 0 Å². The summed E-state index contributed by atoms with van der Waals surface area (Å²) in [5.74, 6) is 0. The van der Waals surface area contributed by atoms with E-state index in [1.807, 2.05) is 6.92 Å². The summed E-state index contributed by atoms with van der Waals surface area (Å²) in [5, 5.41) is 14.9. The van der Waals surface area contributed by atoms with E-state index >= 15 is 0 Å². The number of carbonyl (C=O) groups is 1. The van der Waals surface area contributed by atoms with Gasteiger partial charge in [0.2, 0.25) is 0 Å². The zero-order valence-corrected chi connectivity index (χ0v) is 9.96. The van der Waals surface area contributed by atoms with Gasteiger partial charge in [0.25, 0.3) is 0 Å². The first-order chi connectivity index (χ1) is 6.85. The van der Waals surface area contributed by atoms with Crippen molar-refractivity contribution in [3.8, 4) is 0 Å². The van der Waals surface area contributed by atoms with Crippen molar-refractivity contribution in [2.75, 3.05) is 19.6 Å². The maximum absolute atomic E-state index is 11.2. The van der Waals surface area contributed by atoms with Crippen LogP contribution in [-0.2, 0) is 4.74 Å². The van der Waals surface area contributed by atoms with Crippen LogP contribution in [0.5, 0.6) is 0 Å². The number of amides is 1. The average Bonchev–Trinajstić information content (AvgIpc) is 2.08. The molecule has 1 atom stereocenters. The van der Waals surface area contributed by atoms with Gasteiger partial charge in [-0.25, -0.2) is 4.79 Å². The number of aliphatic hydroxyl groups excluding tert-OH is 1. The van der Waals surface area contributed by atoms with E-state index in [0.717, 1.165) is 6.54 Å². The van der Waals surface area contributed by atoms with Gasteiger partial charge in [-0.15, -0.1) is 0 Å². The fourth-order valence-electron chi connectivity index (χ4n) is 0.898. The van der Waals surface area contributed by atoms with Crippen molar-refractivity contribution in [2.24, 2.45) is 0 Å². The van der Waals surface area contributed by atoms with E-state index in [2.05, 4.69) is 10.6 Å². The first-order valence-corrected chi connectivity index (χ1v) is 5.20. The van der Waals surface area contributed by atoms with Gasteiger partial charge in [-0.3, -0.25) is 0 Å². The van der Waals surface area contributed by atoms with Crippen LogP contribution < -0.4 is 10.6 Å². The highest BCUT2D eigenvalue weighted by molar-refractivity contribution is 5.67. The Morgan fingerprint density at radius 3 is 2.47 bits per heavy atom. The molecule has 0 aromatic rings. The predicted molar refractivity (Wildman–Crippen MR) is 58.8 cm³/mol. The summed E-state index contributed by atoms with van der Waals surface area (Å²) in [7, 11) is 0. The number of rotatable bonds is 5. The average molecular weight is 218 g/mol. The first kappa shape index (κ1) is 14.2. The topological polar surface area (TPSA) is 70.6 Å². The van der Waals surface area contributed by atoms with Gasteiger partial charge in [-0.2, -0.15) is 0 Å². The molecule has 0 saturated carbocycles. The minimum Gasteiger partial charge on any atom is -0.444 e. The number of hydrogen-bond donors (Lipinski definition) is 3. The molecular formula is C10H22N2O3. The van der Waals surface area contributed by atoms with E-state index < -0.39 is 17.8 Å². The maximum Gasteiger partial charge on any atom is 0.407 e. The van der Waals surface area contributed by atoms with Gasteiger partial charge >= 0.3 is 6.09 Å². The standard InChI is InChI=1S/C10H22N2O3/c1-5-11-6-8(13)7-12-9(14)15-10(2,3)4/h8,11,13H,5-7H2,1-4H3,(H,12,14). The number of nitrogens with one attached hydrogen (secondary N) is 2. The smallest absolute Gasteiger partial charge is 0.407 e. The number of hydrogen-bond acceptors (Lipinski definition) is 4. The van der Waals surface area contributed by atoms with Gasteiger partial charge in [0, 0.05) is 13.1 Å². The molecule has 0 aliphatic carbocycles. The summed E-state index contributed by atoms with van der Waals surface area (Å²) in [6.07, 6.45) is -1.09. The lowest BCUT2D eigenvalue weighted by Crippen LogP contribution is -2.40. The molecule has 0 radical (unpaired) electrons. The minimum atomic E-state index is -0.586. The van der Waals surface area contributed by atoms with Crippen LogP contribution in [0.3, 0.4) is 0 Å². The molecule has 90 valence electrons. The summed E-state index contributed by atoms with van der Waals surface area (Å²) in [6.45, 7) is 8.79. The molecule has 0 heterocycles. The van der Waals surface area contributed by atoms with Crippen molar-refractivity contribution < 1.29 is 14.6 Å². The SMILES string of the molecule is CCNCC(O)CNC(=O)OC(C)(C)C. The van der Waals surface area contributed by atoms with Crippen LogP contribution in [-0.4, -0.2) is 42.5 Å². The summed E-state index contributed by atoms with van der Waals surface area (Å²) in [6, 6.07) is 0. The Hall–Kier alpha value is -0.810. The maximum atomic E-state index is 11.2. The number of aliphatic hydroxyl groups is 1. The second-order valence-electron chi connectivity index (χ2n) is 4.34. The summed E-state index contributed by atoms with van der Waals surface area (Å²) in [5.41, 5.74) is -0.503. The highest BCUT2D eigenvalue weighted by Gasteiger charge is 2.16. The Labute approximate surface area is 91.2 Å². The quantitative estimate of drug-likeness (QED) is 0.628. The summed E-state index contributed by atoms with van der Waals surface area (Å²) in [4.78, 5) is 11.2. The Bertz CT molecular complexity index is 190. The van der Waals surface area contributed by atoms with Crippen molar-refractivity contribution in [3.63, 3.8) is 0 Å². The molecule has 0 fully saturated rings. The van der Waals surface area contributed by atoms with Crippen LogP contribution in [0.4, 0.5) is 4.79 Å². The van der Waals surface area contributed by atoms with Gasteiger partial charge in [-0.05, 0) is 27.3 Å². The van der Waals surface area contributed by atoms with E-state index in [4.69, 9.17) is 4.74 Å². The Morgan fingerprint density at radius 2 is 2.00 bits per heavy atom. The van der Waals surface area contributed by atoms with Crippen molar-refractivity contribution in [1.82, 2.24) is 10.6 Å². The Balaban J connectivity index is 3.62. The van der Waals surface area contributed by atoms with Gasteiger partial charge in [0.05, 0.1) is 6.10 Å². The molecule has 15 heavy (non-hydrogen) atoms. The van der Waals surface area contributed by atoms with E-state index in [-0.39, 0.29) is 6.54 Å². The zero-order valence-electron chi connectivity index (χ0n) is 9.96. The van der Waals surface area contributed by atoms with Gasteiger partial charge in [-0.1, -0.05) is 6.92 Å². The van der Waals surface area contributed by atoms with Gasteiger partial charge in [0.1, 0.15) is 5.60 Å². The second kappa shape index (κ2) is 6.63. The second-order valence-corrected chi connectivity index (χ2v) is 4.34. The van der Waals surface area contributed by atoms with Crippen LogP contribution in [0.2, 0.25) is 0 Å². The molecular weight excluding hydrogens is 196 g/mol. The third-order valence-electron chi connectivity index (χ3n) is 1.51. The first-order valence-electron chi connectivity index (χ1n) is 5.20. The lowest BCUT2D eigenvalue weighted by molar-refractivity contribution is 0.0492. The molecule has 0 saturated heterocycles. The monoisotopic (exact) mass is 218 g/mol. The lowest BCUT2D eigenvalue weighted by Gasteiger charge is -2.20. The van der Waals surface area contributed by atoms with Crippen LogP contribution in [0, 0.1) is 0 Å². The Morgan fingerprint density at radius 1 is 1.40 bits per heavy atom. The molecule has 0 spiro atoms. The molecule has 0 bridgehead atoms. The van der Waals surface area contributed by atoms with Crippen molar-refractivity contribution in [1.29, 1.82) is 0 Å². The Kier molecular flexibility index (Phi) is 6.27.